The number of nitrogens with one attached hydrogen (secondary N) is 2. The van der Waals surface area contributed by atoms with Gasteiger partial charge in [-0.2, -0.15) is 5.10 Å². The van der Waals surface area contributed by atoms with Crippen LogP contribution in [0.15, 0.2) is 71.7 Å². The number of carbonyl (C=O) groups is 1. The fourth-order valence-electron chi connectivity index (χ4n) is 4.28. The zero-order chi connectivity index (χ0) is 24.6. The summed E-state index contributed by atoms with van der Waals surface area (Å²) in [5, 5.41) is 7.01. The van der Waals surface area contributed by atoms with Crippen LogP contribution in [-0.4, -0.2) is 35.6 Å². The van der Waals surface area contributed by atoms with Gasteiger partial charge in [-0.1, -0.05) is 30.3 Å². The van der Waals surface area contributed by atoms with Crippen LogP contribution in [0.1, 0.15) is 17.7 Å². The Bertz CT molecular complexity index is 1770. The van der Waals surface area contributed by atoms with Gasteiger partial charge in [-0.05, 0) is 35.9 Å². The highest BCUT2D eigenvalue weighted by molar-refractivity contribution is 7.18. The fraction of sp³-hybridized carbons (Fsp3) is 0.115. The third-order valence-corrected chi connectivity index (χ3v) is 7.13. The summed E-state index contributed by atoms with van der Waals surface area (Å²) >= 11 is 1.57. The normalized spacial score (nSPS) is 11.4. The van der Waals surface area contributed by atoms with E-state index >= 15 is 0 Å². The molecule has 10 heteroatoms. The lowest BCUT2D eigenvalue weighted by Gasteiger charge is -2.08. The largest absolute Gasteiger partial charge is 0.370 e. The molecule has 6 rings (SSSR count). The molecule has 6 aromatic rings. The number of carbonyl (C=O) groups excluding carboxylic acids is 1. The van der Waals surface area contributed by atoms with E-state index in [9.17, 15) is 9.59 Å². The molecule has 1 amide bonds. The molecule has 9 nitrogen and oxygen atoms in total. The average Bonchev–Trinajstić information content (AvgIpc) is 3.62. The fourth-order valence-corrected chi connectivity index (χ4v) is 5.26. The zero-order valence-corrected chi connectivity index (χ0v) is 19.9. The smallest absolute Gasteiger partial charge is 0.270 e. The SMILES string of the molecule is NC(=O)CCn1c(-c2ccc(-c3ccn[nH]3)s2)nc2cc3[nH]c(=O)c(Cc4ccccc4)nc3cc21. The molecule has 0 spiro atoms. The van der Waals surface area contributed by atoms with Crippen molar-refractivity contribution in [2.45, 2.75) is 19.4 Å². The molecule has 4 N–H and O–H groups in total. The Morgan fingerprint density at radius 1 is 1.00 bits per heavy atom. The molecule has 0 aliphatic rings. The van der Waals surface area contributed by atoms with Crippen LogP contribution in [-0.2, 0) is 17.8 Å². The van der Waals surface area contributed by atoms with Crippen LogP contribution >= 0.6 is 11.3 Å². The number of aryl methyl sites for hydroxylation is 1. The highest BCUT2D eigenvalue weighted by atomic mass is 32.1. The van der Waals surface area contributed by atoms with Crippen LogP contribution in [0.4, 0.5) is 0 Å². The molecule has 178 valence electrons. The second-order valence-electron chi connectivity index (χ2n) is 8.47. The molecular formula is C26H21N7O2S. The molecular weight excluding hydrogens is 474 g/mol. The standard InChI is InChI=1S/C26H21N7O2S/c27-24(34)9-11-33-21-14-18-17(31-26(35)20(29-18)12-15-4-2-1-3-5-15)13-19(21)30-25(33)23-7-6-22(36-23)16-8-10-28-32-16/h1-8,10,13-14H,9,11-12H2,(H2,27,34)(H,28,32)(H,31,35). The lowest BCUT2D eigenvalue weighted by molar-refractivity contribution is -0.118. The van der Waals surface area contributed by atoms with Crippen molar-refractivity contribution >= 4 is 39.3 Å². The molecule has 36 heavy (non-hydrogen) atoms. The van der Waals surface area contributed by atoms with Crippen LogP contribution in [0.2, 0.25) is 0 Å². The molecule has 4 aromatic heterocycles. The van der Waals surface area contributed by atoms with Crippen LogP contribution in [0.3, 0.4) is 0 Å². The topological polar surface area (TPSA) is 135 Å². The minimum Gasteiger partial charge on any atom is -0.370 e. The first-order valence-electron chi connectivity index (χ1n) is 11.4. The van der Waals surface area contributed by atoms with Gasteiger partial charge in [-0.3, -0.25) is 14.7 Å². The maximum absolute atomic E-state index is 12.8. The quantitative estimate of drug-likeness (QED) is 0.309. The first-order valence-corrected chi connectivity index (χ1v) is 12.2. The van der Waals surface area contributed by atoms with E-state index < -0.39 is 0 Å². The number of nitrogens with zero attached hydrogens (tertiary/aromatic N) is 4. The van der Waals surface area contributed by atoms with E-state index in [1.807, 2.05) is 65.2 Å². The number of benzene rings is 2. The average molecular weight is 496 g/mol. The lowest BCUT2D eigenvalue weighted by atomic mass is 10.1. The molecule has 4 heterocycles. The van der Waals surface area contributed by atoms with Gasteiger partial charge in [0.15, 0.2) is 5.82 Å². The Morgan fingerprint density at radius 2 is 1.83 bits per heavy atom. The van der Waals surface area contributed by atoms with Crippen molar-refractivity contribution in [2.24, 2.45) is 5.73 Å². The van der Waals surface area contributed by atoms with Crippen LogP contribution < -0.4 is 11.3 Å². The summed E-state index contributed by atoms with van der Waals surface area (Å²) in [5.74, 6) is 0.338. The molecule has 0 unspecified atom stereocenters. The van der Waals surface area contributed by atoms with Gasteiger partial charge < -0.3 is 15.3 Å². The van der Waals surface area contributed by atoms with Crippen LogP contribution in [0, 0.1) is 0 Å². The number of rotatable bonds is 7. The summed E-state index contributed by atoms with van der Waals surface area (Å²) in [5.41, 5.74) is 10.4. The van der Waals surface area contributed by atoms with Gasteiger partial charge in [0.05, 0.1) is 37.5 Å². The molecule has 0 saturated carbocycles. The Balaban J connectivity index is 1.48. The molecule has 2 aromatic carbocycles. The molecule has 0 saturated heterocycles. The summed E-state index contributed by atoms with van der Waals surface area (Å²) in [6.07, 6.45) is 2.32. The van der Waals surface area contributed by atoms with Crippen molar-refractivity contribution in [3.8, 4) is 21.3 Å². The summed E-state index contributed by atoms with van der Waals surface area (Å²) in [7, 11) is 0. The van der Waals surface area contributed by atoms with Crippen molar-refractivity contribution in [3.05, 3.63) is 88.5 Å². The van der Waals surface area contributed by atoms with Gasteiger partial charge in [0.2, 0.25) is 5.91 Å². The van der Waals surface area contributed by atoms with E-state index in [1.54, 1.807) is 17.5 Å². The van der Waals surface area contributed by atoms with Crippen molar-refractivity contribution in [1.29, 1.82) is 0 Å². The summed E-state index contributed by atoms with van der Waals surface area (Å²) in [6, 6.07) is 19.4. The first-order chi connectivity index (χ1) is 17.5. The molecule has 0 radical (unpaired) electrons. The van der Waals surface area contributed by atoms with Crippen molar-refractivity contribution in [1.82, 2.24) is 29.7 Å². The number of hydrogen-bond donors (Lipinski definition) is 3. The number of aromatic nitrogens is 6. The maximum Gasteiger partial charge on any atom is 0.270 e. The number of hydrogen-bond acceptors (Lipinski definition) is 6. The van der Waals surface area contributed by atoms with E-state index in [0.717, 1.165) is 32.4 Å². The number of primary amides is 1. The van der Waals surface area contributed by atoms with Gasteiger partial charge in [0, 0.05) is 25.6 Å². The van der Waals surface area contributed by atoms with Crippen molar-refractivity contribution in [3.63, 3.8) is 0 Å². The minimum absolute atomic E-state index is 0.174. The van der Waals surface area contributed by atoms with E-state index in [-0.39, 0.29) is 17.9 Å². The molecule has 0 bridgehead atoms. The predicted octanol–water partition coefficient (Wildman–Crippen LogP) is 3.86. The van der Waals surface area contributed by atoms with Crippen molar-refractivity contribution < 1.29 is 4.79 Å². The van der Waals surface area contributed by atoms with Gasteiger partial charge in [-0.25, -0.2) is 9.97 Å². The summed E-state index contributed by atoms with van der Waals surface area (Å²) < 4.78 is 1.99. The van der Waals surface area contributed by atoms with Gasteiger partial charge in [-0.15, -0.1) is 11.3 Å². The first kappa shape index (κ1) is 21.9. The lowest BCUT2D eigenvalue weighted by Crippen LogP contribution is -2.16. The Morgan fingerprint density at radius 3 is 2.61 bits per heavy atom. The predicted molar refractivity (Wildman–Crippen MR) is 140 cm³/mol. The number of thiophene rings is 1. The van der Waals surface area contributed by atoms with Gasteiger partial charge in [0.25, 0.3) is 5.56 Å². The number of nitrogens with two attached hydrogens (primary N) is 1. The Labute approximate surface area is 208 Å². The molecule has 0 fully saturated rings. The van der Waals surface area contributed by atoms with Gasteiger partial charge in [0.1, 0.15) is 5.69 Å². The van der Waals surface area contributed by atoms with E-state index in [4.69, 9.17) is 15.7 Å². The van der Waals surface area contributed by atoms with E-state index in [0.29, 0.717) is 35.2 Å². The number of fused-ring (bicyclic) bond motifs is 2. The monoisotopic (exact) mass is 495 g/mol. The number of imidazole rings is 1. The number of aromatic amines is 2. The third-order valence-electron chi connectivity index (χ3n) is 6.02. The highest BCUT2D eigenvalue weighted by Crippen LogP contribution is 2.35. The second kappa shape index (κ2) is 8.90. The van der Waals surface area contributed by atoms with E-state index in [1.165, 1.54) is 0 Å². The zero-order valence-electron chi connectivity index (χ0n) is 19.1. The second-order valence-corrected chi connectivity index (χ2v) is 9.55. The third kappa shape index (κ3) is 4.07. The number of amides is 1. The molecule has 0 aliphatic heterocycles. The summed E-state index contributed by atoms with van der Waals surface area (Å²) in [4.78, 5) is 38.9. The Kier molecular flexibility index (Phi) is 5.42. The maximum atomic E-state index is 12.8. The van der Waals surface area contributed by atoms with Crippen LogP contribution in [0.5, 0.6) is 0 Å². The minimum atomic E-state index is -0.388. The summed E-state index contributed by atoms with van der Waals surface area (Å²) in [6.45, 7) is 0.379. The Hall–Kier alpha value is -4.57. The molecule has 0 aliphatic carbocycles. The van der Waals surface area contributed by atoms with Crippen molar-refractivity contribution in [2.75, 3.05) is 0 Å². The van der Waals surface area contributed by atoms with E-state index in [2.05, 4.69) is 15.2 Å². The van der Waals surface area contributed by atoms with Gasteiger partial charge >= 0.3 is 0 Å². The highest BCUT2D eigenvalue weighted by Gasteiger charge is 2.18. The molecule has 0 atom stereocenters. The number of H-pyrrole nitrogens is 2. The van der Waals surface area contributed by atoms with Crippen LogP contribution in [0.25, 0.3) is 43.3 Å².